The summed E-state index contributed by atoms with van der Waals surface area (Å²) in [5.41, 5.74) is 0.328. The van der Waals surface area contributed by atoms with E-state index in [0.717, 1.165) is 0 Å². The van der Waals surface area contributed by atoms with Crippen LogP contribution in [-0.4, -0.2) is 22.5 Å². The fourth-order valence-corrected chi connectivity index (χ4v) is 2.30. The van der Waals surface area contributed by atoms with Crippen molar-refractivity contribution in [3.63, 3.8) is 0 Å². The average molecular weight is 294 g/mol. The highest BCUT2D eigenvalue weighted by molar-refractivity contribution is 6.20. The number of para-hydroxylation sites is 1. The van der Waals surface area contributed by atoms with E-state index in [1.165, 1.54) is 11.6 Å². The molecule has 6 heteroatoms. The highest BCUT2D eigenvalue weighted by Gasteiger charge is 2.22. The Balaban J connectivity index is 2.80. The fraction of sp³-hybridized carbons (Fsp3) is 0.357. The van der Waals surface area contributed by atoms with Gasteiger partial charge in [-0.05, 0) is 26.0 Å². The zero-order valence-corrected chi connectivity index (χ0v) is 12.3. The first-order valence-corrected chi connectivity index (χ1v) is 6.77. The van der Waals surface area contributed by atoms with Gasteiger partial charge in [-0.15, -0.1) is 11.6 Å². The molecule has 2 aromatic rings. The number of fused-ring (bicyclic) bond motifs is 1. The summed E-state index contributed by atoms with van der Waals surface area (Å²) < 4.78 is 1.36. The van der Waals surface area contributed by atoms with Crippen LogP contribution < -0.4 is 10.9 Å². The zero-order chi connectivity index (χ0) is 14.9. The molecule has 1 amide bonds. The smallest absolute Gasteiger partial charge is 0.262 e. The molecule has 0 aliphatic heterocycles. The van der Waals surface area contributed by atoms with E-state index in [0.29, 0.717) is 16.7 Å². The van der Waals surface area contributed by atoms with Crippen LogP contribution >= 0.6 is 11.6 Å². The Morgan fingerprint density at radius 1 is 1.35 bits per heavy atom. The molecule has 0 saturated carbocycles. The van der Waals surface area contributed by atoms with E-state index < -0.39 is 11.4 Å². The molecule has 1 aromatic heterocycles. The molecule has 2 unspecified atom stereocenters. The fourth-order valence-electron chi connectivity index (χ4n) is 2.14. The Morgan fingerprint density at radius 3 is 2.60 bits per heavy atom. The molecule has 0 bridgehead atoms. The molecule has 0 spiro atoms. The molecule has 1 aromatic carbocycles. The summed E-state index contributed by atoms with van der Waals surface area (Å²) in [6.07, 6.45) is 0. The Labute approximate surface area is 121 Å². The second-order valence-electron chi connectivity index (χ2n) is 4.57. The molecule has 106 valence electrons. The second kappa shape index (κ2) is 5.63. The maximum atomic E-state index is 12.6. The molecule has 0 radical (unpaired) electrons. The van der Waals surface area contributed by atoms with Crippen LogP contribution in [0, 0.1) is 0 Å². The summed E-state index contributed by atoms with van der Waals surface area (Å²) in [6.45, 7) is 3.38. The first-order chi connectivity index (χ1) is 9.47. The van der Waals surface area contributed by atoms with Gasteiger partial charge in [0.05, 0.1) is 16.3 Å². The monoisotopic (exact) mass is 293 g/mol. The number of nitrogens with one attached hydrogen (secondary N) is 1. The molecule has 5 nitrogen and oxygen atoms in total. The third kappa shape index (κ3) is 2.41. The minimum Gasteiger partial charge on any atom is -0.357 e. The van der Waals surface area contributed by atoms with Crippen molar-refractivity contribution < 1.29 is 4.79 Å². The van der Waals surface area contributed by atoms with E-state index in [1.54, 1.807) is 32.0 Å². The van der Waals surface area contributed by atoms with Gasteiger partial charge in [-0.3, -0.25) is 14.2 Å². The molecule has 0 saturated heterocycles. The van der Waals surface area contributed by atoms with Crippen LogP contribution in [0.15, 0.2) is 29.1 Å². The van der Waals surface area contributed by atoms with Gasteiger partial charge in [-0.2, -0.15) is 0 Å². The number of halogens is 1. The molecular formula is C14H16ClN3O2. The first kappa shape index (κ1) is 14.5. The number of carbonyl (C=O) groups is 1. The minimum absolute atomic E-state index is 0.255. The lowest BCUT2D eigenvalue weighted by Gasteiger charge is -2.19. The van der Waals surface area contributed by atoms with Crippen LogP contribution in [0.5, 0.6) is 0 Å². The van der Waals surface area contributed by atoms with E-state index in [-0.39, 0.29) is 11.5 Å². The van der Waals surface area contributed by atoms with Crippen LogP contribution in [0.4, 0.5) is 0 Å². The molecule has 1 heterocycles. The van der Waals surface area contributed by atoms with E-state index in [2.05, 4.69) is 10.3 Å². The number of likely N-dealkylation sites (N-methyl/N-ethyl adjacent to an activating group) is 1. The lowest BCUT2D eigenvalue weighted by atomic mass is 10.2. The van der Waals surface area contributed by atoms with Crippen LogP contribution in [0.3, 0.4) is 0 Å². The predicted octanol–water partition coefficient (Wildman–Crippen LogP) is 2.00. The quantitative estimate of drug-likeness (QED) is 0.881. The van der Waals surface area contributed by atoms with Crippen molar-refractivity contribution in [1.29, 1.82) is 0 Å². The number of alkyl halides is 1. The minimum atomic E-state index is -0.666. The van der Waals surface area contributed by atoms with Gasteiger partial charge in [0.25, 0.3) is 5.56 Å². The summed E-state index contributed by atoms with van der Waals surface area (Å²) in [4.78, 5) is 28.9. The van der Waals surface area contributed by atoms with Crippen LogP contribution in [0.1, 0.15) is 31.1 Å². The molecule has 2 rings (SSSR count). The summed E-state index contributed by atoms with van der Waals surface area (Å²) in [5, 5.41) is 2.54. The largest absolute Gasteiger partial charge is 0.357 e. The van der Waals surface area contributed by atoms with Crippen molar-refractivity contribution in [1.82, 2.24) is 14.9 Å². The molecule has 1 N–H and O–H groups in total. The number of rotatable bonds is 3. The number of nitrogens with zero attached hydrogens (tertiary/aromatic N) is 2. The van der Waals surface area contributed by atoms with E-state index in [9.17, 15) is 9.59 Å². The highest BCUT2D eigenvalue weighted by atomic mass is 35.5. The molecule has 20 heavy (non-hydrogen) atoms. The lowest BCUT2D eigenvalue weighted by molar-refractivity contribution is -0.123. The van der Waals surface area contributed by atoms with Gasteiger partial charge in [0.2, 0.25) is 5.91 Å². The number of hydrogen-bond acceptors (Lipinski definition) is 3. The molecule has 0 fully saturated rings. The summed E-state index contributed by atoms with van der Waals surface area (Å²) in [5.74, 6) is 0.134. The van der Waals surface area contributed by atoms with Crippen LogP contribution in [0.2, 0.25) is 0 Å². The maximum absolute atomic E-state index is 12.6. The second-order valence-corrected chi connectivity index (χ2v) is 5.22. The summed E-state index contributed by atoms with van der Waals surface area (Å²) in [6, 6.07) is 6.36. The molecule has 2 atom stereocenters. The topological polar surface area (TPSA) is 64.0 Å². The summed E-state index contributed by atoms with van der Waals surface area (Å²) in [7, 11) is 1.53. The number of benzene rings is 1. The van der Waals surface area contributed by atoms with Gasteiger partial charge in [-0.1, -0.05) is 12.1 Å². The van der Waals surface area contributed by atoms with Gasteiger partial charge in [0.15, 0.2) is 0 Å². The predicted molar refractivity (Wildman–Crippen MR) is 79.0 cm³/mol. The lowest BCUT2D eigenvalue weighted by Crippen LogP contribution is -2.36. The standard InChI is InChI=1S/C14H16ClN3O2/c1-8(15)12-17-11-7-5-4-6-10(11)14(20)18(12)9(2)13(19)16-3/h4-9H,1-3H3,(H,16,19). The highest BCUT2D eigenvalue weighted by Crippen LogP contribution is 2.21. The number of carbonyl (C=O) groups excluding carboxylic acids is 1. The normalized spacial score (nSPS) is 14.0. The molecule has 0 aliphatic rings. The molecular weight excluding hydrogens is 278 g/mol. The first-order valence-electron chi connectivity index (χ1n) is 6.34. The summed E-state index contributed by atoms with van der Waals surface area (Å²) >= 11 is 6.12. The van der Waals surface area contributed by atoms with Crippen molar-refractivity contribution in [2.24, 2.45) is 0 Å². The molecule has 0 aliphatic carbocycles. The van der Waals surface area contributed by atoms with Crippen molar-refractivity contribution in [2.75, 3.05) is 7.05 Å². The SMILES string of the molecule is CNC(=O)C(C)n1c(C(C)Cl)nc2ccccc2c1=O. The van der Waals surface area contributed by atoms with E-state index in [4.69, 9.17) is 11.6 Å². The number of amides is 1. The Morgan fingerprint density at radius 2 is 2.00 bits per heavy atom. The number of aromatic nitrogens is 2. The Kier molecular flexibility index (Phi) is 4.09. The van der Waals surface area contributed by atoms with Crippen molar-refractivity contribution in [2.45, 2.75) is 25.3 Å². The number of hydrogen-bond donors (Lipinski definition) is 1. The maximum Gasteiger partial charge on any atom is 0.262 e. The van der Waals surface area contributed by atoms with Gasteiger partial charge in [-0.25, -0.2) is 4.98 Å². The third-order valence-corrected chi connectivity index (χ3v) is 3.40. The van der Waals surface area contributed by atoms with Crippen molar-refractivity contribution in [3.05, 3.63) is 40.4 Å². The Hall–Kier alpha value is -1.88. The van der Waals surface area contributed by atoms with Crippen LogP contribution in [0.25, 0.3) is 10.9 Å². The van der Waals surface area contributed by atoms with Gasteiger partial charge in [0, 0.05) is 7.05 Å². The zero-order valence-electron chi connectivity index (χ0n) is 11.6. The van der Waals surface area contributed by atoms with Crippen molar-refractivity contribution >= 4 is 28.4 Å². The van der Waals surface area contributed by atoms with E-state index >= 15 is 0 Å². The third-order valence-electron chi connectivity index (χ3n) is 3.20. The van der Waals surface area contributed by atoms with Crippen molar-refractivity contribution in [3.8, 4) is 0 Å². The van der Waals surface area contributed by atoms with Gasteiger partial charge < -0.3 is 5.32 Å². The van der Waals surface area contributed by atoms with Gasteiger partial charge in [0.1, 0.15) is 11.9 Å². The van der Waals surface area contributed by atoms with Crippen LogP contribution in [-0.2, 0) is 4.79 Å². The van der Waals surface area contributed by atoms with E-state index in [1.807, 2.05) is 6.07 Å². The average Bonchev–Trinajstić information content (AvgIpc) is 2.45. The van der Waals surface area contributed by atoms with Gasteiger partial charge >= 0.3 is 0 Å². The Bertz CT molecular complexity index is 709.